The van der Waals surface area contributed by atoms with E-state index in [1.165, 1.54) is 11.1 Å². The molecule has 1 aliphatic carbocycles. The Balaban J connectivity index is 1.72. The molecule has 1 aliphatic rings. The maximum atomic E-state index is 12.1. The number of rotatable bonds is 2. The molecule has 0 radical (unpaired) electrons. The van der Waals surface area contributed by atoms with Crippen molar-refractivity contribution in [3.05, 3.63) is 46.2 Å². The van der Waals surface area contributed by atoms with Crippen LogP contribution in [0.5, 0.6) is 0 Å². The fourth-order valence-electron chi connectivity index (χ4n) is 2.34. The van der Waals surface area contributed by atoms with Crippen molar-refractivity contribution in [3.63, 3.8) is 0 Å². The lowest BCUT2D eigenvalue weighted by atomic mass is 10.1. The SMILES string of the molecule is O=C(Nc1cn[nH]c1)C1Cc2ccc(Br)cc2C1. The van der Waals surface area contributed by atoms with Gasteiger partial charge in [-0.05, 0) is 36.1 Å². The van der Waals surface area contributed by atoms with Gasteiger partial charge in [0.1, 0.15) is 0 Å². The number of anilines is 1. The van der Waals surface area contributed by atoms with Crippen molar-refractivity contribution in [1.82, 2.24) is 10.2 Å². The van der Waals surface area contributed by atoms with E-state index in [9.17, 15) is 4.79 Å². The molecule has 1 atom stereocenters. The van der Waals surface area contributed by atoms with Crippen molar-refractivity contribution in [2.24, 2.45) is 5.92 Å². The molecule has 1 unspecified atom stereocenters. The molecule has 0 saturated heterocycles. The number of benzene rings is 1. The first kappa shape index (κ1) is 11.5. The smallest absolute Gasteiger partial charge is 0.228 e. The van der Waals surface area contributed by atoms with Crippen molar-refractivity contribution in [2.45, 2.75) is 12.8 Å². The molecule has 1 amide bonds. The molecular formula is C13H12BrN3O. The van der Waals surface area contributed by atoms with Crippen LogP contribution in [0, 0.1) is 5.92 Å². The summed E-state index contributed by atoms with van der Waals surface area (Å²) in [6.07, 6.45) is 4.90. The van der Waals surface area contributed by atoms with Crippen LogP contribution in [0.2, 0.25) is 0 Å². The topological polar surface area (TPSA) is 57.8 Å². The second-order valence-corrected chi connectivity index (χ2v) is 5.41. The molecule has 0 spiro atoms. The van der Waals surface area contributed by atoms with E-state index in [0.29, 0.717) is 0 Å². The van der Waals surface area contributed by atoms with Gasteiger partial charge in [0.2, 0.25) is 5.91 Å². The number of carbonyl (C=O) groups is 1. The van der Waals surface area contributed by atoms with Gasteiger partial charge in [0.25, 0.3) is 0 Å². The van der Waals surface area contributed by atoms with Crippen molar-refractivity contribution < 1.29 is 4.79 Å². The van der Waals surface area contributed by atoms with E-state index in [1.54, 1.807) is 12.4 Å². The molecule has 2 N–H and O–H groups in total. The maximum Gasteiger partial charge on any atom is 0.228 e. The fourth-order valence-corrected chi connectivity index (χ4v) is 2.74. The molecule has 3 rings (SSSR count). The largest absolute Gasteiger partial charge is 0.323 e. The first-order valence-electron chi connectivity index (χ1n) is 5.79. The monoisotopic (exact) mass is 305 g/mol. The number of aromatic amines is 1. The number of nitrogens with one attached hydrogen (secondary N) is 2. The lowest BCUT2D eigenvalue weighted by Gasteiger charge is -2.08. The average molecular weight is 306 g/mol. The van der Waals surface area contributed by atoms with Gasteiger partial charge in [0.05, 0.1) is 11.9 Å². The second-order valence-electron chi connectivity index (χ2n) is 4.49. The summed E-state index contributed by atoms with van der Waals surface area (Å²) in [4.78, 5) is 12.1. The number of amides is 1. The molecule has 2 aromatic rings. The van der Waals surface area contributed by atoms with Crippen LogP contribution in [0.3, 0.4) is 0 Å². The summed E-state index contributed by atoms with van der Waals surface area (Å²) in [5.74, 6) is 0.0768. The second kappa shape index (κ2) is 4.57. The Morgan fingerprint density at radius 3 is 3.00 bits per heavy atom. The van der Waals surface area contributed by atoms with Gasteiger partial charge in [-0.25, -0.2) is 0 Å². The number of aromatic nitrogens is 2. The third-order valence-electron chi connectivity index (χ3n) is 3.24. The molecule has 0 bridgehead atoms. The van der Waals surface area contributed by atoms with E-state index in [-0.39, 0.29) is 11.8 Å². The van der Waals surface area contributed by atoms with Gasteiger partial charge in [-0.1, -0.05) is 22.0 Å². The normalized spacial score (nSPS) is 17.5. The zero-order chi connectivity index (χ0) is 12.5. The van der Waals surface area contributed by atoms with Crippen LogP contribution in [0.1, 0.15) is 11.1 Å². The third kappa shape index (κ3) is 2.18. The minimum atomic E-state index is 0.0178. The highest BCUT2D eigenvalue weighted by Gasteiger charge is 2.27. The van der Waals surface area contributed by atoms with Gasteiger partial charge in [0, 0.05) is 16.6 Å². The van der Waals surface area contributed by atoms with Crippen molar-refractivity contribution in [2.75, 3.05) is 5.32 Å². The highest BCUT2D eigenvalue weighted by atomic mass is 79.9. The van der Waals surface area contributed by atoms with Crippen molar-refractivity contribution >= 4 is 27.5 Å². The molecule has 0 aliphatic heterocycles. The minimum absolute atomic E-state index is 0.0178. The Hall–Kier alpha value is -1.62. The number of nitrogens with zero attached hydrogens (tertiary/aromatic N) is 1. The highest BCUT2D eigenvalue weighted by molar-refractivity contribution is 9.10. The Kier molecular flexibility index (Phi) is 2.91. The number of fused-ring (bicyclic) bond motifs is 1. The maximum absolute atomic E-state index is 12.1. The molecule has 18 heavy (non-hydrogen) atoms. The number of hydrogen-bond donors (Lipinski definition) is 2. The Bertz CT molecular complexity index is 580. The van der Waals surface area contributed by atoms with Crippen molar-refractivity contribution in [3.8, 4) is 0 Å². The van der Waals surface area contributed by atoms with E-state index >= 15 is 0 Å². The highest BCUT2D eigenvalue weighted by Crippen LogP contribution is 2.29. The number of halogens is 1. The molecular weight excluding hydrogens is 294 g/mol. The summed E-state index contributed by atoms with van der Waals surface area (Å²) in [7, 11) is 0. The van der Waals surface area contributed by atoms with Crippen LogP contribution >= 0.6 is 15.9 Å². The van der Waals surface area contributed by atoms with Crippen LogP contribution in [0.4, 0.5) is 5.69 Å². The van der Waals surface area contributed by atoms with E-state index in [0.717, 1.165) is 23.0 Å². The summed E-state index contributed by atoms with van der Waals surface area (Å²) in [5.41, 5.74) is 3.25. The number of H-pyrrole nitrogens is 1. The molecule has 4 nitrogen and oxygen atoms in total. The third-order valence-corrected chi connectivity index (χ3v) is 3.73. The standard InChI is InChI=1S/C13H12BrN3O/c14-11-2-1-8-3-10(4-9(8)5-11)13(18)17-12-6-15-16-7-12/h1-2,5-7,10H,3-4H2,(H,15,16)(H,17,18). The summed E-state index contributed by atoms with van der Waals surface area (Å²) >= 11 is 3.46. The van der Waals surface area contributed by atoms with E-state index in [4.69, 9.17) is 0 Å². The zero-order valence-electron chi connectivity index (χ0n) is 9.61. The summed E-state index contributed by atoms with van der Waals surface area (Å²) in [6, 6.07) is 6.21. The fraction of sp³-hybridized carbons (Fsp3) is 0.231. The molecule has 92 valence electrons. The average Bonchev–Trinajstić information content (AvgIpc) is 2.96. The molecule has 5 heteroatoms. The summed E-state index contributed by atoms with van der Waals surface area (Å²) in [6.45, 7) is 0. The van der Waals surface area contributed by atoms with Crippen LogP contribution in [-0.2, 0) is 17.6 Å². The van der Waals surface area contributed by atoms with Gasteiger partial charge in [0.15, 0.2) is 0 Å². The van der Waals surface area contributed by atoms with E-state index in [2.05, 4.69) is 43.6 Å². The Morgan fingerprint density at radius 2 is 2.22 bits per heavy atom. The quantitative estimate of drug-likeness (QED) is 0.896. The molecule has 0 fully saturated rings. The lowest BCUT2D eigenvalue weighted by molar-refractivity contribution is -0.119. The predicted molar refractivity (Wildman–Crippen MR) is 72.3 cm³/mol. The van der Waals surface area contributed by atoms with Gasteiger partial charge in [-0.2, -0.15) is 5.10 Å². The van der Waals surface area contributed by atoms with Crippen LogP contribution in [0.25, 0.3) is 0 Å². The van der Waals surface area contributed by atoms with E-state index < -0.39 is 0 Å². The van der Waals surface area contributed by atoms with Crippen molar-refractivity contribution in [1.29, 1.82) is 0 Å². The first-order chi connectivity index (χ1) is 8.72. The number of hydrogen-bond acceptors (Lipinski definition) is 2. The molecule has 1 aromatic carbocycles. The first-order valence-corrected chi connectivity index (χ1v) is 6.58. The predicted octanol–water partition coefficient (Wildman–Crippen LogP) is 2.53. The Labute approximate surface area is 113 Å². The van der Waals surface area contributed by atoms with Crippen LogP contribution < -0.4 is 5.32 Å². The molecule has 0 saturated carbocycles. The lowest BCUT2D eigenvalue weighted by Crippen LogP contribution is -2.22. The van der Waals surface area contributed by atoms with Crippen LogP contribution in [-0.4, -0.2) is 16.1 Å². The van der Waals surface area contributed by atoms with Gasteiger partial charge < -0.3 is 5.32 Å². The van der Waals surface area contributed by atoms with E-state index in [1.807, 2.05) is 6.07 Å². The van der Waals surface area contributed by atoms with Crippen LogP contribution in [0.15, 0.2) is 35.1 Å². The van der Waals surface area contributed by atoms with Gasteiger partial charge in [-0.15, -0.1) is 0 Å². The summed E-state index contributed by atoms with van der Waals surface area (Å²) in [5, 5.41) is 9.36. The number of carbonyl (C=O) groups excluding carboxylic acids is 1. The van der Waals surface area contributed by atoms with Gasteiger partial charge >= 0.3 is 0 Å². The zero-order valence-corrected chi connectivity index (χ0v) is 11.2. The van der Waals surface area contributed by atoms with Gasteiger partial charge in [-0.3, -0.25) is 9.89 Å². The Morgan fingerprint density at radius 1 is 1.39 bits per heavy atom. The molecule has 1 heterocycles. The molecule has 1 aromatic heterocycles. The minimum Gasteiger partial charge on any atom is -0.323 e. The summed E-state index contributed by atoms with van der Waals surface area (Å²) < 4.78 is 1.07.